The van der Waals surface area contributed by atoms with Crippen molar-refractivity contribution in [1.82, 2.24) is 0 Å². The van der Waals surface area contributed by atoms with Crippen LogP contribution in [0.5, 0.6) is 0 Å². The van der Waals surface area contributed by atoms with E-state index in [1.165, 1.54) is 0 Å². The Kier molecular flexibility index (Phi) is 2.49. The highest BCUT2D eigenvalue weighted by Crippen LogP contribution is 1.90. The number of aliphatic carboxylic acids is 1. The summed E-state index contributed by atoms with van der Waals surface area (Å²) in [6.07, 6.45) is 0. The molecule has 1 unspecified atom stereocenters. The number of hydrogen-bond donors (Lipinski definition) is 2. The Labute approximate surface area is 56.6 Å². The predicted molar refractivity (Wildman–Crippen MR) is 31.3 cm³/mol. The van der Waals surface area contributed by atoms with Gasteiger partial charge in [-0.2, -0.15) is 0 Å². The third-order valence-electron chi connectivity index (χ3n) is 0.731. The van der Waals surface area contributed by atoms with Gasteiger partial charge in [0.15, 0.2) is 0 Å². The number of carbonyl (C=O) groups is 2. The van der Waals surface area contributed by atoms with Gasteiger partial charge in [-0.05, 0) is 0 Å². The van der Waals surface area contributed by atoms with Gasteiger partial charge in [0.2, 0.25) is 20.8 Å². The van der Waals surface area contributed by atoms with Crippen LogP contribution < -0.4 is 5.73 Å². The topological polar surface area (TPSA) is 115 Å². The third-order valence-corrected chi connectivity index (χ3v) is 1.91. The van der Waals surface area contributed by atoms with Gasteiger partial charge in [0, 0.05) is 0 Å². The first kappa shape index (κ1) is 9.05. The summed E-state index contributed by atoms with van der Waals surface area (Å²) in [7, 11) is -4.30. The van der Waals surface area contributed by atoms with Gasteiger partial charge in [-0.1, -0.05) is 0 Å². The maximum atomic E-state index is 10.3. The van der Waals surface area contributed by atoms with Gasteiger partial charge >= 0.3 is 5.97 Å². The van der Waals surface area contributed by atoms with Gasteiger partial charge in [0.1, 0.15) is 0 Å². The zero-order valence-electron chi connectivity index (χ0n) is 4.72. The molecule has 58 valence electrons. The molecule has 0 saturated carbocycles. The Hall–Kier alpha value is -0.950. The van der Waals surface area contributed by atoms with Crippen LogP contribution in [0.1, 0.15) is 0 Å². The van der Waals surface area contributed by atoms with E-state index in [-0.39, 0.29) is 0 Å². The van der Waals surface area contributed by atoms with Crippen LogP contribution in [-0.4, -0.2) is 30.5 Å². The minimum Gasteiger partial charge on any atom is -0.479 e. The molecule has 0 aromatic rings. The number of carboxylic acids is 1. The van der Waals surface area contributed by atoms with Gasteiger partial charge in [0.25, 0.3) is 0 Å². The van der Waals surface area contributed by atoms with E-state index in [2.05, 4.69) is 5.73 Å². The summed E-state index contributed by atoms with van der Waals surface area (Å²) < 4.78 is 20.5. The molecule has 0 rings (SSSR count). The molecule has 0 amide bonds. The maximum absolute atomic E-state index is 10.3. The van der Waals surface area contributed by atoms with Gasteiger partial charge in [-0.25, -0.2) is 13.2 Å². The molecule has 0 aromatic carbocycles. The standard InChI is InChI=1S/C3H5NO5S/c4-2(3(6)7)10(8,9)1-5/h1-2H,4H2,(H,6,7). The highest BCUT2D eigenvalue weighted by atomic mass is 32.2. The predicted octanol–water partition coefficient (Wildman–Crippen LogP) is -2.04. The summed E-state index contributed by atoms with van der Waals surface area (Å²) in [5.41, 5.74) is 4.11. The summed E-state index contributed by atoms with van der Waals surface area (Å²) >= 11 is 0. The first-order valence-electron chi connectivity index (χ1n) is 2.09. The smallest absolute Gasteiger partial charge is 0.336 e. The molecule has 10 heavy (non-hydrogen) atoms. The molecule has 0 heterocycles. The van der Waals surface area contributed by atoms with Crippen molar-refractivity contribution in [3.8, 4) is 0 Å². The van der Waals surface area contributed by atoms with Crippen LogP contribution in [0.3, 0.4) is 0 Å². The summed E-state index contributed by atoms with van der Waals surface area (Å²) in [4.78, 5) is 19.5. The van der Waals surface area contributed by atoms with E-state index in [0.29, 0.717) is 0 Å². The summed E-state index contributed by atoms with van der Waals surface area (Å²) in [5.74, 6) is -1.74. The molecule has 0 fully saturated rings. The van der Waals surface area contributed by atoms with Crippen molar-refractivity contribution in [2.24, 2.45) is 5.73 Å². The van der Waals surface area contributed by atoms with E-state index in [0.717, 1.165) is 0 Å². The van der Waals surface area contributed by atoms with Crippen molar-refractivity contribution in [2.45, 2.75) is 5.37 Å². The van der Waals surface area contributed by atoms with E-state index >= 15 is 0 Å². The summed E-state index contributed by atoms with van der Waals surface area (Å²) in [5, 5.41) is 5.84. The maximum Gasteiger partial charge on any atom is 0.336 e. The van der Waals surface area contributed by atoms with Crippen LogP contribution >= 0.6 is 0 Å². The van der Waals surface area contributed by atoms with Crippen molar-refractivity contribution >= 4 is 21.4 Å². The van der Waals surface area contributed by atoms with Crippen molar-refractivity contribution in [3.05, 3.63) is 0 Å². The lowest BCUT2D eigenvalue weighted by atomic mass is 10.7. The van der Waals surface area contributed by atoms with Crippen molar-refractivity contribution < 1.29 is 23.1 Å². The Morgan fingerprint density at radius 1 is 1.60 bits per heavy atom. The van der Waals surface area contributed by atoms with Crippen molar-refractivity contribution in [3.63, 3.8) is 0 Å². The molecule has 0 saturated heterocycles. The molecule has 0 bridgehead atoms. The van der Waals surface area contributed by atoms with E-state index in [4.69, 9.17) is 5.11 Å². The van der Waals surface area contributed by atoms with Crippen molar-refractivity contribution in [1.29, 1.82) is 0 Å². The first-order valence-corrected chi connectivity index (χ1v) is 3.70. The molecule has 7 heteroatoms. The lowest BCUT2D eigenvalue weighted by molar-refractivity contribution is -0.136. The van der Waals surface area contributed by atoms with Crippen LogP contribution in [0.4, 0.5) is 0 Å². The average Bonchev–Trinajstić information content (AvgIpc) is 1.86. The quantitative estimate of drug-likeness (QED) is 0.468. The van der Waals surface area contributed by atoms with E-state index in [9.17, 15) is 18.0 Å². The number of carbonyl (C=O) groups excluding carboxylic acids is 1. The van der Waals surface area contributed by atoms with Gasteiger partial charge < -0.3 is 10.8 Å². The molecule has 0 aliphatic carbocycles. The minimum absolute atomic E-state index is 0.480. The lowest BCUT2D eigenvalue weighted by Gasteiger charge is -1.99. The average molecular weight is 167 g/mol. The highest BCUT2D eigenvalue weighted by molar-refractivity contribution is 8.05. The molecule has 1 atom stereocenters. The second-order valence-electron chi connectivity index (χ2n) is 1.44. The fourth-order valence-electron chi connectivity index (χ4n) is 0.200. The Bertz CT molecular complexity index is 242. The molecule has 0 aromatic heterocycles. The molecule has 0 spiro atoms. The third kappa shape index (κ3) is 1.78. The normalized spacial score (nSPS) is 14.1. The highest BCUT2D eigenvalue weighted by Gasteiger charge is 2.27. The van der Waals surface area contributed by atoms with Crippen LogP contribution in [0.25, 0.3) is 0 Å². The fourth-order valence-corrected chi connectivity index (χ4v) is 0.601. The lowest BCUT2D eigenvalue weighted by Crippen LogP contribution is -2.38. The zero-order chi connectivity index (χ0) is 8.36. The number of sulfone groups is 1. The van der Waals surface area contributed by atoms with Crippen LogP contribution in [0.15, 0.2) is 0 Å². The minimum atomic E-state index is -4.30. The Morgan fingerprint density at radius 3 is 2.10 bits per heavy atom. The van der Waals surface area contributed by atoms with Crippen LogP contribution in [-0.2, 0) is 19.4 Å². The SMILES string of the molecule is NC(C(=O)O)S(=O)(=O)C=O. The van der Waals surface area contributed by atoms with Crippen LogP contribution in [0, 0.1) is 0 Å². The largest absolute Gasteiger partial charge is 0.479 e. The first-order chi connectivity index (χ1) is 4.41. The summed E-state index contributed by atoms with van der Waals surface area (Å²) in [6, 6.07) is 0. The van der Waals surface area contributed by atoms with Gasteiger partial charge in [-0.15, -0.1) is 0 Å². The van der Waals surface area contributed by atoms with Crippen molar-refractivity contribution in [2.75, 3.05) is 0 Å². The zero-order valence-corrected chi connectivity index (χ0v) is 5.54. The summed E-state index contributed by atoms with van der Waals surface area (Å²) in [6.45, 7) is 0. The second-order valence-corrected chi connectivity index (χ2v) is 3.32. The number of hydrogen-bond acceptors (Lipinski definition) is 5. The van der Waals surface area contributed by atoms with Gasteiger partial charge in [0.05, 0.1) is 0 Å². The molecule has 3 N–H and O–H groups in total. The molecule has 0 aliphatic rings. The number of carboxylic acid groups (broad SMARTS) is 1. The molecule has 0 aliphatic heterocycles. The fraction of sp³-hybridized carbons (Fsp3) is 0.333. The number of nitrogens with two attached hydrogens (primary N) is 1. The van der Waals surface area contributed by atoms with E-state index in [1.54, 1.807) is 0 Å². The monoisotopic (exact) mass is 167 g/mol. The molecular weight excluding hydrogens is 162 g/mol. The molecular formula is C3H5NO5S. The van der Waals surface area contributed by atoms with Crippen LogP contribution in [0.2, 0.25) is 0 Å². The second kappa shape index (κ2) is 2.76. The van der Waals surface area contributed by atoms with Gasteiger partial charge in [-0.3, -0.25) is 4.79 Å². The van der Waals surface area contributed by atoms with E-state index in [1.807, 2.05) is 0 Å². The Balaban J connectivity index is 4.67. The number of rotatable bonds is 3. The molecule has 6 nitrogen and oxygen atoms in total. The van der Waals surface area contributed by atoms with E-state index < -0.39 is 26.8 Å². The molecule has 0 radical (unpaired) electrons. The Morgan fingerprint density at radius 2 is 2.00 bits per heavy atom.